The molecular weight excluding hydrogens is 386 g/mol. The predicted molar refractivity (Wildman–Crippen MR) is 117 cm³/mol. The fourth-order valence-electron chi connectivity index (χ4n) is 3.17. The van der Waals surface area contributed by atoms with E-state index in [-0.39, 0.29) is 12.2 Å². The second kappa shape index (κ2) is 10.8. The molecule has 0 aliphatic carbocycles. The van der Waals surface area contributed by atoms with Crippen molar-refractivity contribution in [2.75, 3.05) is 19.8 Å². The molecule has 3 rings (SSSR count). The van der Waals surface area contributed by atoms with Crippen LogP contribution in [-0.2, 0) is 32.1 Å². The van der Waals surface area contributed by atoms with Gasteiger partial charge in [0.25, 0.3) is 0 Å². The number of hydrogen-bond donors (Lipinski definition) is 1. The lowest BCUT2D eigenvalue weighted by molar-refractivity contribution is -0.154. The number of hydrogen-bond acceptors (Lipinski definition) is 5. The standard InChI is InChI=1S/C23H29NO4S/c1-23(2)27-20(15-25-14-19-11-7-4-8-12-19)21(28-23)16-26-17-22(29)24-13-18-9-5-3-6-10-18/h3-12,20-21H,13-17H2,1-2H3,(H,24,29)/t20-,21-/m0/s1. The molecule has 0 bridgehead atoms. The monoisotopic (exact) mass is 415 g/mol. The maximum absolute atomic E-state index is 5.99. The number of benzene rings is 2. The highest BCUT2D eigenvalue weighted by Crippen LogP contribution is 2.28. The van der Waals surface area contributed by atoms with E-state index in [1.54, 1.807) is 0 Å². The predicted octanol–water partition coefficient (Wildman–Crippen LogP) is 3.86. The summed E-state index contributed by atoms with van der Waals surface area (Å²) in [5, 5.41) is 3.21. The van der Waals surface area contributed by atoms with Crippen molar-refractivity contribution in [2.45, 2.75) is 45.0 Å². The van der Waals surface area contributed by atoms with E-state index in [4.69, 9.17) is 31.2 Å². The Morgan fingerprint density at radius 1 is 0.897 bits per heavy atom. The van der Waals surface area contributed by atoms with Crippen molar-refractivity contribution in [3.63, 3.8) is 0 Å². The minimum Gasteiger partial charge on any atom is -0.374 e. The largest absolute Gasteiger partial charge is 0.374 e. The summed E-state index contributed by atoms with van der Waals surface area (Å²) in [5.41, 5.74) is 2.31. The molecule has 0 amide bonds. The summed E-state index contributed by atoms with van der Waals surface area (Å²) < 4.78 is 23.6. The van der Waals surface area contributed by atoms with Crippen molar-refractivity contribution in [3.05, 3.63) is 71.8 Å². The summed E-state index contributed by atoms with van der Waals surface area (Å²) in [5.74, 6) is -0.652. The molecule has 0 spiro atoms. The van der Waals surface area contributed by atoms with Crippen LogP contribution in [0.4, 0.5) is 0 Å². The summed E-state index contributed by atoms with van der Waals surface area (Å²) in [6.45, 7) is 6.24. The molecule has 0 aromatic heterocycles. The number of nitrogens with one attached hydrogen (secondary N) is 1. The van der Waals surface area contributed by atoms with Crippen LogP contribution in [0, 0.1) is 0 Å². The van der Waals surface area contributed by atoms with Gasteiger partial charge >= 0.3 is 0 Å². The van der Waals surface area contributed by atoms with Crippen LogP contribution in [0.2, 0.25) is 0 Å². The SMILES string of the molecule is CC1(C)O[C@@H](COCC(=S)NCc2ccccc2)[C@H](COCc2ccccc2)O1. The molecule has 1 saturated heterocycles. The molecule has 0 saturated carbocycles. The third kappa shape index (κ3) is 7.49. The third-order valence-corrected chi connectivity index (χ3v) is 4.79. The zero-order valence-corrected chi connectivity index (χ0v) is 17.8. The molecular formula is C23H29NO4S. The Morgan fingerprint density at radius 3 is 2.07 bits per heavy atom. The highest BCUT2D eigenvalue weighted by Gasteiger charge is 2.41. The maximum atomic E-state index is 5.99. The lowest BCUT2D eigenvalue weighted by Gasteiger charge is -2.17. The third-order valence-electron chi connectivity index (χ3n) is 4.53. The van der Waals surface area contributed by atoms with E-state index >= 15 is 0 Å². The first-order valence-electron chi connectivity index (χ1n) is 9.87. The molecule has 1 fully saturated rings. The minimum absolute atomic E-state index is 0.181. The van der Waals surface area contributed by atoms with E-state index < -0.39 is 5.79 Å². The van der Waals surface area contributed by atoms with E-state index in [9.17, 15) is 0 Å². The first-order valence-corrected chi connectivity index (χ1v) is 10.3. The quantitative estimate of drug-likeness (QED) is 0.595. The Kier molecular flexibility index (Phi) is 8.15. The Balaban J connectivity index is 1.38. The van der Waals surface area contributed by atoms with Gasteiger partial charge in [0.05, 0.1) is 26.4 Å². The van der Waals surface area contributed by atoms with Crippen molar-refractivity contribution in [2.24, 2.45) is 0 Å². The Morgan fingerprint density at radius 2 is 1.45 bits per heavy atom. The van der Waals surface area contributed by atoms with Crippen molar-refractivity contribution in [1.82, 2.24) is 5.32 Å². The van der Waals surface area contributed by atoms with Gasteiger partial charge in [-0.05, 0) is 25.0 Å². The molecule has 6 heteroatoms. The van der Waals surface area contributed by atoms with Gasteiger partial charge in [0.2, 0.25) is 0 Å². The lowest BCUT2D eigenvalue weighted by atomic mass is 10.2. The summed E-state index contributed by atoms with van der Waals surface area (Å²) in [6.07, 6.45) is -0.378. The highest BCUT2D eigenvalue weighted by molar-refractivity contribution is 7.80. The van der Waals surface area contributed by atoms with Crippen LogP contribution >= 0.6 is 12.2 Å². The van der Waals surface area contributed by atoms with Crippen LogP contribution in [0.15, 0.2) is 60.7 Å². The zero-order chi connectivity index (χ0) is 20.5. The summed E-state index contributed by atoms with van der Waals surface area (Å²) in [6, 6.07) is 20.2. The number of ether oxygens (including phenoxy) is 4. The summed E-state index contributed by atoms with van der Waals surface area (Å²) >= 11 is 5.36. The van der Waals surface area contributed by atoms with Gasteiger partial charge in [-0.3, -0.25) is 0 Å². The molecule has 29 heavy (non-hydrogen) atoms. The minimum atomic E-state index is -0.652. The van der Waals surface area contributed by atoms with Crippen molar-refractivity contribution in [3.8, 4) is 0 Å². The molecule has 1 heterocycles. The van der Waals surface area contributed by atoms with Crippen molar-refractivity contribution < 1.29 is 18.9 Å². The van der Waals surface area contributed by atoms with Crippen molar-refractivity contribution >= 4 is 17.2 Å². The maximum Gasteiger partial charge on any atom is 0.163 e. The van der Waals surface area contributed by atoms with Gasteiger partial charge in [-0.2, -0.15) is 0 Å². The van der Waals surface area contributed by atoms with Crippen molar-refractivity contribution in [1.29, 1.82) is 0 Å². The molecule has 1 N–H and O–H groups in total. The molecule has 0 unspecified atom stereocenters. The van der Waals surface area contributed by atoms with Gasteiger partial charge in [-0.1, -0.05) is 72.9 Å². The molecule has 1 aliphatic rings. The molecule has 2 atom stereocenters. The Bertz CT molecular complexity index is 754. The highest BCUT2D eigenvalue weighted by atomic mass is 32.1. The molecule has 2 aromatic rings. The second-order valence-corrected chi connectivity index (χ2v) is 7.98. The van der Waals surface area contributed by atoms with E-state index in [1.807, 2.05) is 62.4 Å². The Hall–Kier alpha value is -1.83. The fourth-order valence-corrected chi connectivity index (χ4v) is 3.33. The van der Waals surface area contributed by atoms with Gasteiger partial charge in [0.15, 0.2) is 5.79 Å². The smallest absolute Gasteiger partial charge is 0.163 e. The van der Waals surface area contributed by atoms with E-state index in [2.05, 4.69) is 17.4 Å². The van der Waals surface area contributed by atoms with E-state index in [0.29, 0.717) is 38.0 Å². The van der Waals surface area contributed by atoms with Crippen LogP contribution in [0.1, 0.15) is 25.0 Å². The first-order chi connectivity index (χ1) is 14.0. The molecule has 1 aliphatic heterocycles. The topological polar surface area (TPSA) is 49.0 Å². The normalized spacial score (nSPS) is 20.5. The first kappa shape index (κ1) is 21.9. The van der Waals surface area contributed by atoms with E-state index in [0.717, 1.165) is 5.56 Å². The lowest BCUT2D eigenvalue weighted by Crippen LogP contribution is -2.33. The van der Waals surface area contributed by atoms with Gasteiger partial charge < -0.3 is 24.3 Å². The number of rotatable bonds is 10. The molecule has 156 valence electrons. The van der Waals surface area contributed by atoms with Gasteiger partial charge in [-0.15, -0.1) is 0 Å². The van der Waals surface area contributed by atoms with Crippen LogP contribution in [0.5, 0.6) is 0 Å². The summed E-state index contributed by atoms with van der Waals surface area (Å²) in [7, 11) is 0. The number of thiocarbonyl (C=S) groups is 1. The molecule has 0 radical (unpaired) electrons. The summed E-state index contributed by atoms with van der Waals surface area (Å²) in [4.78, 5) is 0.670. The zero-order valence-electron chi connectivity index (χ0n) is 17.0. The molecule has 5 nitrogen and oxygen atoms in total. The average molecular weight is 416 g/mol. The second-order valence-electron chi connectivity index (χ2n) is 7.49. The van der Waals surface area contributed by atoms with Crippen LogP contribution in [0.25, 0.3) is 0 Å². The van der Waals surface area contributed by atoms with Gasteiger partial charge in [-0.25, -0.2) is 0 Å². The molecule has 2 aromatic carbocycles. The average Bonchev–Trinajstić information content (AvgIpc) is 3.01. The van der Waals surface area contributed by atoms with Crippen LogP contribution in [0.3, 0.4) is 0 Å². The fraction of sp³-hybridized carbons (Fsp3) is 0.435. The van der Waals surface area contributed by atoms with Crippen LogP contribution < -0.4 is 5.32 Å². The Labute approximate surface area is 178 Å². The van der Waals surface area contributed by atoms with Gasteiger partial charge in [0.1, 0.15) is 17.2 Å². The van der Waals surface area contributed by atoms with Gasteiger partial charge in [0, 0.05) is 6.54 Å². The van der Waals surface area contributed by atoms with Crippen LogP contribution in [-0.4, -0.2) is 42.8 Å². The van der Waals surface area contributed by atoms with E-state index in [1.165, 1.54) is 5.56 Å².